The Kier molecular flexibility index (Phi) is 5.18. The molecule has 1 aliphatic rings. The van der Waals surface area contributed by atoms with Gasteiger partial charge < -0.3 is 5.32 Å². The van der Waals surface area contributed by atoms with Crippen LogP contribution in [0.25, 0.3) is 0 Å². The molecule has 0 amide bonds. The second-order valence-corrected chi connectivity index (χ2v) is 8.55. The number of allylic oxidation sites excluding steroid dienone is 1. The lowest BCUT2D eigenvalue weighted by molar-refractivity contribution is 0.104. The molecule has 0 unspecified atom stereocenters. The molecule has 29 heavy (non-hydrogen) atoms. The molecule has 0 spiro atoms. The van der Waals surface area contributed by atoms with Crippen LogP contribution >= 0.6 is 0 Å². The highest BCUT2D eigenvalue weighted by Crippen LogP contribution is 2.35. The van der Waals surface area contributed by atoms with Gasteiger partial charge in [-0.15, -0.1) is 0 Å². The third-order valence-corrected chi connectivity index (χ3v) is 6.53. The van der Waals surface area contributed by atoms with Gasteiger partial charge in [0.1, 0.15) is 0 Å². The van der Waals surface area contributed by atoms with Crippen LogP contribution < -0.4 is 9.62 Å². The summed E-state index contributed by atoms with van der Waals surface area (Å²) in [5.41, 5.74) is 2.62. The Balaban J connectivity index is 1.71. The molecular formula is C23H20N2O3S. The Morgan fingerprint density at radius 1 is 0.793 bits per heavy atom. The van der Waals surface area contributed by atoms with E-state index in [2.05, 4.69) is 5.32 Å². The zero-order chi connectivity index (χ0) is 20.3. The third kappa shape index (κ3) is 3.79. The Morgan fingerprint density at radius 3 is 2.07 bits per heavy atom. The number of nitrogens with one attached hydrogen (secondary N) is 1. The third-order valence-electron chi connectivity index (χ3n) is 4.76. The van der Waals surface area contributed by atoms with Crippen LogP contribution in [0.4, 0.5) is 5.69 Å². The molecule has 1 heterocycles. The van der Waals surface area contributed by atoms with Crippen molar-refractivity contribution in [2.24, 2.45) is 0 Å². The highest BCUT2D eigenvalue weighted by Gasteiger charge is 2.39. The minimum Gasteiger partial charge on any atom is -0.386 e. The number of rotatable bonds is 5. The number of carbonyl (C=O) groups excluding carboxylic acids is 1. The summed E-state index contributed by atoms with van der Waals surface area (Å²) in [5, 5.41) is 2.98. The van der Waals surface area contributed by atoms with Gasteiger partial charge in [0.2, 0.25) is 5.78 Å². The summed E-state index contributed by atoms with van der Waals surface area (Å²) in [6, 6.07) is 25.7. The molecule has 3 aromatic rings. The lowest BCUT2D eigenvalue weighted by Gasteiger charge is -2.31. The molecule has 0 saturated heterocycles. The van der Waals surface area contributed by atoms with Crippen LogP contribution in [-0.4, -0.2) is 14.2 Å². The molecule has 4 rings (SSSR count). The predicted molar refractivity (Wildman–Crippen MR) is 114 cm³/mol. The smallest absolute Gasteiger partial charge is 0.270 e. The van der Waals surface area contributed by atoms with E-state index >= 15 is 0 Å². The van der Waals surface area contributed by atoms with Crippen molar-refractivity contribution in [3.63, 3.8) is 0 Å². The first-order chi connectivity index (χ1) is 14.1. The fourth-order valence-electron chi connectivity index (χ4n) is 3.30. The van der Waals surface area contributed by atoms with E-state index in [1.807, 2.05) is 60.7 Å². The van der Waals surface area contributed by atoms with Crippen LogP contribution in [0.2, 0.25) is 0 Å². The molecule has 1 aliphatic heterocycles. The summed E-state index contributed by atoms with van der Waals surface area (Å²) >= 11 is 0. The number of Topliss-reactive ketones (excluding diaryl/α,β-unsaturated/α-hetero) is 1. The molecule has 1 N–H and O–H groups in total. The van der Waals surface area contributed by atoms with E-state index in [4.69, 9.17) is 0 Å². The molecule has 3 aromatic carbocycles. The highest BCUT2D eigenvalue weighted by molar-refractivity contribution is 7.97. The zero-order valence-corrected chi connectivity index (χ0v) is 16.5. The Labute approximate surface area is 170 Å². The van der Waals surface area contributed by atoms with Gasteiger partial charge in [0.25, 0.3) is 10.0 Å². The van der Waals surface area contributed by atoms with Gasteiger partial charge in [-0.3, -0.25) is 9.10 Å². The second-order valence-electron chi connectivity index (χ2n) is 6.72. The van der Waals surface area contributed by atoms with Crippen LogP contribution in [0, 0.1) is 0 Å². The van der Waals surface area contributed by atoms with E-state index in [0.717, 1.165) is 11.1 Å². The molecular weight excluding hydrogens is 384 g/mol. The van der Waals surface area contributed by atoms with E-state index in [1.54, 1.807) is 24.3 Å². The largest absolute Gasteiger partial charge is 0.386 e. The number of hydrogen-bond acceptors (Lipinski definition) is 4. The number of benzene rings is 3. The van der Waals surface area contributed by atoms with Gasteiger partial charge >= 0.3 is 0 Å². The number of hydrogen-bond donors (Lipinski definition) is 1. The van der Waals surface area contributed by atoms with Crippen LogP contribution in [0.15, 0.2) is 96.0 Å². The number of para-hydroxylation sites is 1. The second kappa shape index (κ2) is 7.93. The normalized spacial score (nSPS) is 16.5. The summed E-state index contributed by atoms with van der Waals surface area (Å²) in [5.74, 6) is -0.495. The van der Waals surface area contributed by atoms with Crippen molar-refractivity contribution in [1.82, 2.24) is 5.32 Å². The summed E-state index contributed by atoms with van der Waals surface area (Å²) in [4.78, 5) is 12.7. The Bertz CT molecular complexity index is 1160. The number of sulfonamides is 1. The van der Waals surface area contributed by atoms with E-state index in [-0.39, 0.29) is 11.4 Å². The van der Waals surface area contributed by atoms with Crippen LogP contribution in [0.1, 0.15) is 21.5 Å². The first-order valence-electron chi connectivity index (χ1n) is 9.25. The molecule has 0 atom stereocenters. The number of fused-ring (bicyclic) bond motifs is 1. The number of carbonyl (C=O) groups is 1. The lowest BCUT2D eigenvalue weighted by atomic mass is 10.1. The minimum atomic E-state index is -4.00. The molecule has 0 aliphatic carbocycles. The fraction of sp³-hybridized carbons (Fsp3) is 0.0870. The van der Waals surface area contributed by atoms with Crippen molar-refractivity contribution in [3.8, 4) is 0 Å². The van der Waals surface area contributed by atoms with Gasteiger partial charge in [-0.05, 0) is 23.3 Å². The molecule has 6 heteroatoms. The molecule has 0 fully saturated rings. The van der Waals surface area contributed by atoms with Crippen LogP contribution in [0.3, 0.4) is 0 Å². The molecule has 0 aromatic heterocycles. The van der Waals surface area contributed by atoms with Crippen LogP contribution in [-0.2, 0) is 23.1 Å². The zero-order valence-electron chi connectivity index (χ0n) is 15.7. The van der Waals surface area contributed by atoms with Gasteiger partial charge in [0, 0.05) is 18.3 Å². The number of ketones is 1. The summed E-state index contributed by atoms with van der Waals surface area (Å²) in [6.07, 6.45) is 1.32. The van der Waals surface area contributed by atoms with Gasteiger partial charge in [-0.2, -0.15) is 0 Å². The Hall–Kier alpha value is -3.38. The molecule has 0 bridgehead atoms. The average Bonchev–Trinajstić information content (AvgIpc) is 2.75. The maximum absolute atomic E-state index is 13.3. The van der Waals surface area contributed by atoms with Crippen LogP contribution in [0.5, 0.6) is 0 Å². The number of nitrogens with zero attached hydrogens (tertiary/aromatic N) is 1. The van der Waals surface area contributed by atoms with Crippen molar-refractivity contribution in [1.29, 1.82) is 0 Å². The molecule has 0 saturated carbocycles. The monoisotopic (exact) mass is 404 g/mol. The first-order valence-corrected chi connectivity index (χ1v) is 10.7. The maximum atomic E-state index is 13.3. The van der Waals surface area contributed by atoms with E-state index < -0.39 is 15.8 Å². The van der Waals surface area contributed by atoms with Gasteiger partial charge in [0.15, 0.2) is 4.91 Å². The van der Waals surface area contributed by atoms with Crippen molar-refractivity contribution in [2.45, 2.75) is 13.1 Å². The lowest BCUT2D eigenvalue weighted by Crippen LogP contribution is -2.39. The van der Waals surface area contributed by atoms with Gasteiger partial charge in [0.05, 0.1) is 12.2 Å². The van der Waals surface area contributed by atoms with Crippen molar-refractivity contribution in [2.75, 3.05) is 4.31 Å². The van der Waals surface area contributed by atoms with Gasteiger partial charge in [-0.1, -0.05) is 72.8 Å². The molecule has 0 radical (unpaired) electrons. The SMILES string of the molecule is O=C1/C(=C\NCc2ccccc2)S(=O)(=O)N(Cc2ccccc2)c2ccccc21. The quantitative estimate of drug-likeness (QED) is 0.656. The summed E-state index contributed by atoms with van der Waals surface area (Å²) < 4.78 is 28.0. The minimum absolute atomic E-state index is 0.156. The summed E-state index contributed by atoms with van der Waals surface area (Å²) in [7, 11) is -4.00. The average molecular weight is 404 g/mol. The topological polar surface area (TPSA) is 66.5 Å². The van der Waals surface area contributed by atoms with E-state index in [9.17, 15) is 13.2 Å². The predicted octanol–water partition coefficient (Wildman–Crippen LogP) is 3.85. The molecule has 146 valence electrons. The standard InChI is InChI=1S/C23H20N2O3S/c26-23-20-13-7-8-14-21(20)25(17-19-11-5-2-6-12-19)29(27,28)22(23)16-24-15-18-9-3-1-4-10-18/h1-14,16,24H,15,17H2/b22-16+. The Morgan fingerprint density at radius 2 is 1.38 bits per heavy atom. The summed E-state index contributed by atoms with van der Waals surface area (Å²) in [6.45, 7) is 0.580. The highest BCUT2D eigenvalue weighted by atomic mass is 32.2. The first kappa shape index (κ1) is 19.0. The van der Waals surface area contributed by atoms with Crippen molar-refractivity contribution >= 4 is 21.5 Å². The van der Waals surface area contributed by atoms with Crippen molar-refractivity contribution in [3.05, 3.63) is 113 Å². The van der Waals surface area contributed by atoms with Crippen molar-refractivity contribution < 1.29 is 13.2 Å². The van der Waals surface area contributed by atoms with E-state index in [1.165, 1.54) is 10.5 Å². The van der Waals surface area contributed by atoms with E-state index in [0.29, 0.717) is 17.8 Å². The number of anilines is 1. The molecule has 5 nitrogen and oxygen atoms in total. The van der Waals surface area contributed by atoms with Gasteiger partial charge in [-0.25, -0.2) is 8.42 Å². The fourth-order valence-corrected chi connectivity index (χ4v) is 4.85. The maximum Gasteiger partial charge on any atom is 0.270 e.